The van der Waals surface area contributed by atoms with Gasteiger partial charge in [-0.1, -0.05) is 43.0 Å². The second-order valence-electron chi connectivity index (χ2n) is 13.5. The number of nitrogens with zero attached hydrogens (tertiary/aromatic N) is 9. The van der Waals surface area contributed by atoms with Crippen molar-refractivity contribution in [3.63, 3.8) is 0 Å². The number of aromatic nitrogens is 6. The second kappa shape index (κ2) is 21.0. The molecule has 0 aliphatic carbocycles. The van der Waals surface area contributed by atoms with Crippen molar-refractivity contribution < 1.29 is 13.2 Å². The van der Waals surface area contributed by atoms with Crippen LogP contribution in [0.15, 0.2) is 134 Å². The zero-order valence-corrected chi connectivity index (χ0v) is 34.1. The summed E-state index contributed by atoms with van der Waals surface area (Å²) in [5.41, 5.74) is 6.41. The lowest BCUT2D eigenvalue weighted by Crippen LogP contribution is -2.41. The Morgan fingerprint density at radius 3 is 1.40 bits per heavy atom. The number of hydrogen-bond acceptors (Lipinski definition) is 12. The monoisotopic (exact) mass is 797 g/mol. The van der Waals surface area contributed by atoms with Gasteiger partial charge in [0.1, 0.15) is 11.6 Å². The van der Waals surface area contributed by atoms with Gasteiger partial charge in [0.25, 0.3) is 0 Å². The van der Waals surface area contributed by atoms with Crippen LogP contribution in [0.4, 0.5) is 11.6 Å². The average Bonchev–Trinajstić information content (AvgIpc) is 3.28. The fraction of sp³-hybridized carbons (Fsp3) is 0.289. The van der Waals surface area contributed by atoms with Crippen LogP contribution in [-0.2, 0) is 14.6 Å². The number of likely N-dealkylation sites (N-methyl/N-ethyl adjacent to an activating group) is 2. The van der Waals surface area contributed by atoms with Gasteiger partial charge in [-0.25, -0.2) is 28.4 Å². The van der Waals surface area contributed by atoms with E-state index in [4.69, 9.17) is 24.7 Å². The van der Waals surface area contributed by atoms with Crippen molar-refractivity contribution in [2.45, 2.75) is 20.3 Å². The molecule has 0 saturated carbocycles. The van der Waals surface area contributed by atoms with Crippen molar-refractivity contribution in [2.75, 3.05) is 74.6 Å². The van der Waals surface area contributed by atoms with Gasteiger partial charge in [0, 0.05) is 70.2 Å². The first-order valence-electron chi connectivity index (χ1n) is 19.7. The van der Waals surface area contributed by atoms with Gasteiger partial charge >= 0.3 is 0 Å². The molecule has 6 heterocycles. The van der Waals surface area contributed by atoms with E-state index in [1.165, 1.54) is 0 Å². The Kier molecular flexibility index (Phi) is 15.1. The Hall–Kier alpha value is -5.89. The van der Waals surface area contributed by atoms with Crippen molar-refractivity contribution in [1.29, 1.82) is 0 Å². The van der Waals surface area contributed by atoms with E-state index in [-0.39, 0.29) is 12.4 Å². The maximum absolute atomic E-state index is 11.8. The van der Waals surface area contributed by atoms with Gasteiger partial charge in [0.05, 0.1) is 57.9 Å². The topological polar surface area (TPSA) is 130 Å². The smallest absolute Gasteiger partial charge is 0.173 e. The molecular formula is C45H51N9O3S. The third-order valence-electron chi connectivity index (χ3n) is 9.66. The van der Waals surface area contributed by atoms with E-state index >= 15 is 0 Å². The SMILES string of the molecule is C=CS(=O)(=O)CCOCCCN(CCN(CC)c1cccc(-c2cccc(-c3ccccn3)n2)n1)CCN(CC)c1cccc(-c2cccc(-c3ccccn3)n2)n1. The van der Waals surface area contributed by atoms with E-state index in [0.29, 0.717) is 6.61 Å². The van der Waals surface area contributed by atoms with Crippen molar-refractivity contribution in [3.05, 3.63) is 134 Å². The molecule has 6 aromatic heterocycles. The lowest BCUT2D eigenvalue weighted by atomic mass is 10.2. The summed E-state index contributed by atoms with van der Waals surface area (Å²) < 4.78 is 29.4. The molecule has 0 bridgehead atoms. The van der Waals surface area contributed by atoms with Gasteiger partial charge in [-0.15, -0.1) is 0 Å². The number of ether oxygens (including phenoxy) is 1. The molecule has 0 atom stereocenters. The number of pyridine rings is 6. The summed E-state index contributed by atoms with van der Waals surface area (Å²) in [6.07, 6.45) is 4.29. The molecule has 0 saturated heterocycles. The van der Waals surface area contributed by atoms with Crippen LogP contribution in [0.1, 0.15) is 20.3 Å². The third-order valence-corrected chi connectivity index (χ3v) is 10.9. The Balaban J connectivity index is 1.14. The Morgan fingerprint density at radius 1 is 0.534 bits per heavy atom. The number of sulfone groups is 1. The van der Waals surface area contributed by atoms with Crippen LogP contribution in [0.25, 0.3) is 45.6 Å². The van der Waals surface area contributed by atoms with Crippen LogP contribution in [0.2, 0.25) is 0 Å². The van der Waals surface area contributed by atoms with Crippen LogP contribution in [0, 0.1) is 0 Å². The zero-order valence-electron chi connectivity index (χ0n) is 33.3. The summed E-state index contributed by atoms with van der Waals surface area (Å²) >= 11 is 0. The van der Waals surface area contributed by atoms with E-state index in [2.05, 4.69) is 45.1 Å². The minimum Gasteiger partial charge on any atom is -0.380 e. The predicted octanol–water partition coefficient (Wildman–Crippen LogP) is 7.34. The minimum atomic E-state index is -3.30. The molecule has 0 aliphatic heterocycles. The highest BCUT2D eigenvalue weighted by Gasteiger charge is 2.16. The lowest BCUT2D eigenvalue weighted by Gasteiger charge is -2.30. The first-order chi connectivity index (χ1) is 28.4. The molecule has 6 rings (SSSR count). The van der Waals surface area contributed by atoms with Crippen molar-refractivity contribution >= 4 is 21.5 Å². The maximum atomic E-state index is 11.8. The van der Waals surface area contributed by atoms with Gasteiger partial charge in [-0.3, -0.25) is 14.9 Å². The standard InChI is InChI=1S/C45H51N9O3S/c1-4-53(44-24-13-22-42(50-44)40-20-11-18-38(48-40)36-16-7-9-26-46-36)31-29-52(28-15-33-57-34-35-58(55,56)6-3)30-32-54(5-2)45-25-14-23-43(51-45)41-21-12-19-39(49-41)37-17-8-10-27-47-37/h6-14,16-27H,3-5,15,28-35H2,1-2H3. The van der Waals surface area contributed by atoms with Crippen LogP contribution < -0.4 is 9.80 Å². The summed E-state index contributed by atoms with van der Waals surface area (Å²) in [6.45, 7) is 13.7. The highest BCUT2D eigenvalue weighted by molar-refractivity contribution is 7.94. The zero-order chi connectivity index (χ0) is 40.6. The maximum Gasteiger partial charge on any atom is 0.173 e. The average molecular weight is 798 g/mol. The molecule has 0 N–H and O–H groups in total. The summed E-state index contributed by atoms with van der Waals surface area (Å²) in [6, 6.07) is 35.6. The van der Waals surface area contributed by atoms with Crippen molar-refractivity contribution in [3.8, 4) is 45.6 Å². The molecule has 0 amide bonds. The molecule has 0 aromatic carbocycles. The second-order valence-corrected chi connectivity index (χ2v) is 15.6. The highest BCUT2D eigenvalue weighted by Crippen LogP contribution is 2.24. The molecule has 0 unspecified atom stereocenters. The lowest BCUT2D eigenvalue weighted by molar-refractivity contribution is 0.134. The molecule has 6 aromatic rings. The number of hydrogen-bond donors (Lipinski definition) is 0. The largest absolute Gasteiger partial charge is 0.380 e. The molecule has 0 aliphatic rings. The Bertz CT molecular complexity index is 2180. The highest BCUT2D eigenvalue weighted by atomic mass is 32.2. The van der Waals surface area contributed by atoms with Crippen molar-refractivity contribution in [1.82, 2.24) is 34.8 Å². The van der Waals surface area contributed by atoms with Crippen LogP contribution in [0.3, 0.4) is 0 Å². The van der Waals surface area contributed by atoms with E-state index < -0.39 is 9.84 Å². The normalized spacial score (nSPS) is 11.4. The number of anilines is 2. The van der Waals surface area contributed by atoms with E-state index in [0.717, 1.165) is 115 Å². The van der Waals surface area contributed by atoms with E-state index in [1.54, 1.807) is 12.4 Å². The van der Waals surface area contributed by atoms with Gasteiger partial charge in [-0.05, 0) is 93.1 Å². The van der Waals surface area contributed by atoms with Crippen LogP contribution in [0.5, 0.6) is 0 Å². The van der Waals surface area contributed by atoms with Crippen LogP contribution >= 0.6 is 0 Å². The predicted molar refractivity (Wildman–Crippen MR) is 233 cm³/mol. The summed E-state index contributed by atoms with van der Waals surface area (Å²) in [5.74, 6) is 1.70. The van der Waals surface area contributed by atoms with Gasteiger partial charge in [-0.2, -0.15) is 0 Å². The molecule has 0 fully saturated rings. The molecule has 0 radical (unpaired) electrons. The van der Waals surface area contributed by atoms with Gasteiger partial charge < -0.3 is 14.5 Å². The van der Waals surface area contributed by atoms with Gasteiger partial charge in [0.2, 0.25) is 0 Å². The molecular weight excluding hydrogens is 747 g/mol. The third kappa shape index (κ3) is 11.8. The molecule has 13 heteroatoms. The summed E-state index contributed by atoms with van der Waals surface area (Å²) in [7, 11) is -3.30. The van der Waals surface area contributed by atoms with E-state index in [9.17, 15) is 8.42 Å². The Labute approximate surface area is 342 Å². The number of rotatable bonds is 22. The fourth-order valence-corrected chi connectivity index (χ4v) is 6.95. The molecule has 300 valence electrons. The van der Waals surface area contributed by atoms with Crippen molar-refractivity contribution in [2.24, 2.45) is 0 Å². The molecule has 0 spiro atoms. The Morgan fingerprint density at radius 2 is 0.966 bits per heavy atom. The fourth-order valence-electron chi connectivity index (χ4n) is 6.43. The quantitative estimate of drug-likeness (QED) is 0.0637. The summed E-state index contributed by atoms with van der Waals surface area (Å²) in [5, 5.41) is 0.984. The summed E-state index contributed by atoms with van der Waals surface area (Å²) in [4.78, 5) is 35.8. The molecule has 12 nitrogen and oxygen atoms in total. The van der Waals surface area contributed by atoms with Crippen LogP contribution in [-0.4, -0.2) is 108 Å². The minimum absolute atomic E-state index is 0.0683. The van der Waals surface area contributed by atoms with Gasteiger partial charge in [0.15, 0.2) is 9.84 Å². The first-order valence-corrected chi connectivity index (χ1v) is 21.4. The van der Waals surface area contributed by atoms with E-state index in [1.807, 2.05) is 109 Å². The molecule has 58 heavy (non-hydrogen) atoms. The first kappa shape index (κ1) is 41.7.